The lowest BCUT2D eigenvalue weighted by Crippen LogP contribution is -2.51. The van der Waals surface area contributed by atoms with Crippen molar-refractivity contribution in [3.63, 3.8) is 0 Å². The molecule has 0 unspecified atom stereocenters. The summed E-state index contributed by atoms with van der Waals surface area (Å²) in [4.78, 5) is 31.1. The summed E-state index contributed by atoms with van der Waals surface area (Å²) in [7, 11) is 3.03. The number of methoxy groups -OCH3 is 2. The Morgan fingerprint density at radius 2 is 1.48 bits per heavy atom. The summed E-state index contributed by atoms with van der Waals surface area (Å²) in [6.45, 7) is 1.74. The van der Waals surface area contributed by atoms with Crippen LogP contribution >= 0.6 is 0 Å². The minimum absolute atomic E-state index is 0.0685. The Morgan fingerprint density at radius 1 is 0.909 bits per heavy atom. The standard InChI is InChI=1S/C26H24N2O5/c1-17(27-23(29)18-11-6-4-7-12-18)26(19-13-8-5-9-14-19)25(30)33-24(28-26)22-20(31-2)15-10-16-21(22)32-3/h4-17H,1-3H3,(H,27,29)/t17-,26+/m0/s1. The highest BCUT2D eigenvalue weighted by atomic mass is 16.6. The highest BCUT2D eigenvalue weighted by Gasteiger charge is 2.53. The van der Waals surface area contributed by atoms with E-state index in [4.69, 9.17) is 19.2 Å². The monoisotopic (exact) mass is 444 g/mol. The number of benzene rings is 3. The molecule has 7 heteroatoms. The summed E-state index contributed by atoms with van der Waals surface area (Å²) in [5, 5.41) is 2.93. The zero-order valence-electron chi connectivity index (χ0n) is 18.6. The smallest absolute Gasteiger partial charge is 0.347 e. The third-order valence-electron chi connectivity index (χ3n) is 5.64. The van der Waals surface area contributed by atoms with E-state index < -0.39 is 17.6 Å². The van der Waals surface area contributed by atoms with Crippen molar-refractivity contribution in [1.82, 2.24) is 5.32 Å². The Kier molecular flexibility index (Phi) is 6.13. The molecular weight excluding hydrogens is 420 g/mol. The molecule has 0 bridgehead atoms. The third kappa shape index (κ3) is 3.93. The molecule has 0 radical (unpaired) electrons. The van der Waals surface area contributed by atoms with Crippen LogP contribution in [-0.2, 0) is 15.1 Å². The molecule has 1 aliphatic heterocycles. The first-order chi connectivity index (χ1) is 16.0. The normalized spacial score (nSPS) is 18.2. The lowest BCUT2D eigenvalue weighted by Gasteiger charge is -2.30. The average molecular weight is 444 g/mol. The number of rotatable bonds is 7. The minimum Gasteiger partial charge on any atom is -0.496 e. The van der Waals surface area contributed by atoms with Crippen LogP contribution in [0.15, 0.2) is 83.9 Å². The average Bonchev–Trinajstić information content (AvgIpc) is 3.22. The number of aliphatic imine (C=N–C) groups is 1. The van der Waals surface area contributed by atoms with E-state index >= 15 is 0 Å². The Bertz CT molecular complexity index is 1170. The summed E-state index contributed by atoms with van der Waals surface area (Å²) in [6.07, 6.45) is 0. The van der Waals surface area contributed by atoms with Gasteiger partial charge in [-0.15, -0.1) is 0 Å². The van der Waals surface area contributed by atoms with Gasteiger partial charge < -0.3 is 19.5 Å². The highest BCUT2D eigenvalue weighted by Crippen LogP contribution is 2.40. The fraction of sp³-hybridized carbons (Fsp3) is 0.192. The van der Waals surface area contributed by atoms with Crippen molar-refractivity contribution < 1.29 is 23.8 Å². The Hall–Kier alpha value is -4.13. The first kappa shape index (κ1) is 22.1. The molecule has 1 heterocycles. The molecule has 7 nitrogen and oxygen atoms in total. The topological polar surface area (TPSA) is 86.2 Å². The van der Waals surface area contributed by atoms with E-state index in [9.17, 15) is 9.59 Å². The summed E-state index contributed by atoms with van der Waals surface area (Å²) in [5.41, 5.74) is 0.0110. The number of hydrogen-bond donors (Lipinski definition) is 1. The molecular formula is C26H24N2O5. The van der Waals surface area contributed by atoms with Gasteiger partial charge in [-0.05, 0) is 36.8 Å². The van der Waals surface area contributed by atoms with Crippen LogP contribution in [0.2, 0.25) is 0 Å². The number of cyclic esters (lactones) is 1. The van der Waals surface area contributed by atoms with E-state index in [-0.39, 0.29) is 11.8 Å². The zero-order chi connectivity index (χ0) is 23.4. The second-order valence-electron chi connectivity index (χ2n) is 7.54. The number of carbonyl (C=O) groups is 2. The number of esters is 1. The molecule has 3 aromatic rings. The molecule has 0 spiro atoms. The first-order valence-corrected chi connectivity index (χ1v) is 10.5. The van der Waals surface area contributed by atoms with Crippen molar-refractivity contribution in [2.24, 2.45) is 4.99 Å². The maximum absolute atomic E-state index is 13.5. The van der Waals surface area contributed by atoms with Crippen LogP contribution in [0.5, 0.6) is 11.5 Å². The van der Waals surface area contributed by atoms with Gasteiger partial charge in [-0.25, -0.2) is 9.79 Å². The van der Waals surface area contributed by atoms with Gasteiger partial charge in [0.15, 0.2) is 0 Å². The molecule has 0 saturated carbocycles. The van der Waals surface area contributed by atoms with Gasteiger partial charge in [0.2, 0.25) is 11.4 Å². The van der Waals surface area contributed by atoms with Crippen molar-refractivity contribution in [2.45, 2.75) is 18.5 Å². The van der Waals surface area contributed by atoms with E-state index in [2.05, 4.69) is 5.32 Å². The van der Waals surface area contributed by atoms with Gasteiger partial charge >= 0.3 is 5.97 Å². The molecule has 1 amide bonds. The molecule has 0 saturated heterocycles. The number of amides is 1. The molecule has 0 fully saturated rings. The number of nitrogens with one attached hydrogen (secondary N) is 1. The van der Waals surface area contributed by atoms with Gasteiger partial charge in [0, 0.05) is 5.56 Å². The number of carbonyl (C=O) groups excluding carboxylic acids is 2. The van der Waals surface area contributed by atoms with E-state index in [1.165, 1.54) is 14.2 Å². The van der Waals surface area contributed by atoms with Gasteiger partial charge in [0.25, 0.3) is 5.91 Å². The number of ether oxygens (including phenoxy) is 3. The van der Waals surface area contributed by atoms with Crippen LogP contribution in [0.4, 0.5) is 0 Å². The van der Waals surface area contributed by atoms with E-state index in [1.54, 1.807) is 61.5 Å². The summed E-state index contributed by atoms with van der Waals surface area (Å²) >= 11 is 0. The van der Waals surface area contributed by atoms with E-state index in [0.29, 0.717) is 28.2 Å². The van der Waals surface area contributed by atoms with Crippen molar-refractivity contribution in [1.29, 1.82) is 0 Å². The molecule has 168 valence electrons. The van der Waals surface area contributed by atoms with Gasteiger partial charge in [0.05, 0.1) is 20.3 Å². The third-order valence-corrected chi connectivity index (χ3v) is 5.64. The Morgan fingerprint density at radius 3 is 2.06 bits per heavy atom. The fourth-order valence-electron chi connectivity index (χ4n) is 3.94. The van der Waals surface area contributed by atoms with Crippen LogP contribution < -0.4 is 14.8 Å². The fourth-order valence-corrected chi connectivity index (χ4v) is 3.94. The lowest BCUT2D eigenvalue weighted by molar-refractivity contribution is -0.140. The van der Waals surface area contributed by atoms with E-state index in [0.717, 1.165) is 0 Å². The maximum Gasteiger partial charge on any atom is 0.347 e. The van der Waals surface area contributed by atoms with E-state index in [1.807, 2.05) is 24.3 Å². The molecule has 1 N–H and O–H groups in total. The van der Waals surface area contributed by atoms with Crippen molar-refractivity contribution in [2.75, 3.05) is 14.2 Å². The molecule has 1 aliphatic rings. The molecule has 0 aliphatic carbocycles. The summed E-state index contributed by atoms with van der Waals surface area (Å²) in [5.74, 6) is 0.0534. The van der Waals surface area contributed by atoms with Gasteiger partial charge in [-0.3, -0.25) is 4.79 Å². The zero-order valence-corrected chi connectivity index (χ0v) is 18.6. The van der Waals surface area contributed by atoms with Gasteiger partial charge in [-0.1, -0.05) is 54.6 Å². The number of nitrogens with zero attached hydrogens (tertiary/aromatic N) is 1. The molecule has 4 rings (SSSR count). The molecule has 0 aromatic heterocycles. The predicted molar refractivity (Wildman–Crippen MR) is 124 cm³/mol. The highest BCUT2D eigenvalue weighted by molar-refractivity contribution is 6.11. The minimum atomic E-state index is -1.49. The lowest BCUT2D eigenvalue weighted by atomic mass is 9.84. The van der Waals surface area contributed by atoms with Crippen molar-refractivity contribution >= 4 is 17.8 Å². The first-order valence-electron chi connectivity index (χ1n) is 10.5. The van der Waals surface area contributed by atoms with Crippen molar-refractivity contribution in [3.05, 3.63) is 95.6 Å². The summed E-state index contributed by atoms with van der Waals surface area (Å²) < 4.78 is 16.7. The Labute approximate surface area is 192 Å². The molecule has 33 heavy (non-hydrogen) atoms. The van der Waals surface area contributed by atoms with Crippen LogP contribution in [0.25, 0.3) is 0 Å². The summed E-state index contributed by atoms with van der Waals surface area (Å²) in [6, 6.07) is 22.4. The van der Waals surface area contributed by atoms with Gasteiger partial charge in [0.1, 0.15) is 17.1 Å². The number of hydrogen-bond acceptors (Lipinski definition) is 6. The Balaban J connectivity index is 1.82. The van der Waals surface area contributed by atoms with Crippen LogP contribution in [0.1, 0.15) is 28.4 Å². The molecule has 3 aromatic carbocycles. The SMILES string of the molecule is COc1cccc(OC)c1C1=N[C@@](c2ccccc2)([C@H](C)NC(=O)c2ccccc2)C(=O)O1. The largest absolute Gasteiger partial charge is 0.496 e. The molecule has 2 atom stereocenters. The second-order valence-corrected chi connectivity index (χ2v) is 7.54. The van der Waals surface area contributed by atoms with Crippen molar-refractivity contribution in [3.8, 4) is 11.5 Å². The second kappa shape index (κ2) is 9.16. The van der Waals surface area contributed by atoms with Gasteiger partial charge in [-0.2, -0.15) is 0 Å². The van der Waals surface area contributed by atoms with Crippen LogP contribution in [0, 0.1) is 0 Å². The predicted octanol–water partition coefficient (Wildman–Crippen LogP) is 3.72. The van der Waals surface area contributed by atoms with Crippen LogP contribution in [0.3, 0.4) is 0 Å². The maximum atomic E-state index is 13.5. The quantitative estimate of drug-likeness (QED) is 0.562. The van der Waals surface area contributed by atoms with Crippen LogP contribution in [-0.4, -0.2) is 38.0 Å².